The molecule has 138 valence electrons. The number of benzene rings is 2. The van der Waals surface area contributed by atoms with Crippen LogP contribution in [0.15, 0.2) is 66.3 Å². The smallest absolute Gasteiger partial charge is 0.252 e. The quantitative estimate of drug-likeness (QED) is 0.533. The molecule has 4 nitrogen and oxygen atoms in total. The van der Waals surface area contributed by atoms with E-state index in [0.717, 1.165) is 51.0 Å². The van der Waals surface area contributed by atoms with Crippen LogP contribution in [-0.2, 0) is 5.54 Å². The molecule has 1 aliphatic rings. The van der Waals surface area contributed by atoms with E-state index in [0.29, 0.717) is 0 Å². The van der Waals surface area contributed by atoms with Crippen LogP contribution in [0.25, 0.3) is 21.5 Å². The average Bonchev–Trinajstić information content (AvgIpc) is 3.27. The van der Waals surface area contributed by atoms with E-state index in [-0.39, 0.29) is 11.4 Å². The van der Waals surface area contributed by atoms with Crippen molar-refractivity contribution in [1.82, 2.24) is 15.3 Å². The topological polar surface area (TPSA) is 54.9 Å². The maximum absolute atomic E-state index is 13.0. The Kier molecular flexibility index (Phi) is 3.98. The van der Waals surface area contributed by atoms with Crippen molar-refractivity contribution < 1.29 is 4.79 Å². The molecular weight excluding hydrogens is 366 g/mol. The molecule has 5 rings (SSSR count). The number of thiazole rings is 1. The molecule has 0 radical (unpaired) electrons. The summed E-state index contributed by atoms with van der Waals surface area (Å²) in [6.07, 6.45) is 5.48. The van der Waals surface area contributed by atoms with Gasteiger partial charge in [0.15, 0.2) is 0 Å². The van der Waals surface area contributed by atoms with Crippen molar-refractivity contribution in [3.63, 3.8) is 0 Å². The molecule has 1 N–H and O–H groups in total. The van der Waals surface area contributed by atoms with Gasteiger partial charge in [0.05, 0.1) is 11.1 Å². The fourth-order valence-electron chi connectivity index (χ4n) is 3.77. The van der Waals surface area contributed by atoms with Crippen LogP contribution in [0.3, 0.4) is 0 Å². The summed E-state index contributed by atoms with van der Waals surface area (Å²) in [5, 5.41) is 7.35. The van der Waals surface area contributed by atoms with Gasteiger partial charge >= 0.3 is 0 Å². The first kappa shape index (κ1) is 17.1. The molecule has 0 aliphatic heterocycles. The van der Waals surface area contributed by atoms with Gasteiger partial charge in [-0.15, -0.1) is 11.3 Å². The molecule has 0 unspecified atom stereocenters. The second-order valence-corrected chi connectivity index (χ2v) is 8.18. The van der Waals surface area contributed by atoms with Gasteiger partial charge in [0.1, 0.15) is 5.01 Å². The third-order valence-corrected chi connectivity index (χ3v) is 6.23. The molecule has 1 aliphatic carbocycles. The average molecular weight is 385 g/mol. The van der Waals surface area contributed by atoms with E-state index in [2.05, 4.69) is 33.5 Å². The molecule has 0 atom stereocenters. The Morgan fingerprint density at radius 2 is 1.93 bits per heavy atom. The van der Waals surface area contributed by atoms with Crippen molar-refractivity contribution in [2.45, 2.75) is 25.3 Å². The number of hydrogen-bond donors (Lipinski definition) is 1. The molecule has 0 bridgehead atoms. The Labute approximate surface area is 167 Å². The van der Waals surface area contributed by atoms with Crippen LogP contribution in [-0.4, -0.2) is 15.9 Å². The Morgan fingerprint density at radius 1 is 1.07 bits per heavy atom. The van der Waals surface area contributed by atoms with Crippen LogP contribution in [0.5, 0.6) is 0 Å². The maximum Gasteiger partial charge on any atom is 0.252 e. The van der Waals surface area contributed by atoms with Crippen molar-refractivity contribution >= 4 is 28.1 Å². The van der Waals surface area contributed by atoms with Crippen LogP contribution in [0.2, 0.25) is 0 Å². The van der Waals surface area contributed by atoms with Crippen LogP contribution < -0.4 is 5.32 Å². The summed E-state index contributed by atoms with van der Waals surface area (Å²) < 4.78 is 0. The molecule has 0 spiro atoms. The Balaban J connectivity index is 1.60. The lowest BCUT2D eigenvalue weighted by Gasteiger charge is -2.21. The minimum absolute atomic E-state index is 0.0210. The molecule has 0 saturated heterocycles. The first-order valence-corrected chi connectivity index (χ1v) is 10.2. The number of carbonyl (C=O) groups is 1. The van der Waals surface area contributed by atoms with Crippen LogP contribution >= 0.6 is 11.3 Å². The van der Waals surface area contributed by atoms with Crippen LogP contribution in [0.1, 0.15) is 34.3 Å². The number of aryl methyl sites for hydroxylation is 1. The number of fused-ring (bicyclic) bond motifs is 1. The second kappa shape index (κ2) is 6.53. The van der Waals surface area contributed by atoms with Crippen LogP contribution in [0.4, 0.5) is 0 Å². The molecule has 1 amide bonds. The largest absolute Gasteiger partial charge is 0.342 e. The maximum atomic E-state index is 13.0. The molecule has 2 aromatic carbocycles. The lowest BCUT2D eigenvalue weighted by Crippen LogP contribution is -2.35. The number of amides is 1. The van der Waals surface area contributed by atoms with E-state index in [1.807, 2.05) is 55.0 Å². The highest BCUT2D eigenvalue weighted by Crippen LogP contribution is 2.49. The summed E-state index contributed by atoms with van der Waals surface area (Å²) in [5.74, 6) is -0.0210. The number of rotatable bonds is 4. The number of hydrogen-bond acceptors (Lipinski definition) is 4. The summed E-state index contributed by atoms with van der Waals surface area (Å²) in [6, 6.07) is 16.0. The van der Waals surface area contributed by atoms with E-state index >= 15 is 0 Å². The molecule has 5 heteroatoms. The first-order chi connectivity index (χ1) is 13.7. The van der Waals surface area contributed by atoms with Crippen molar-refractivity contribution in [2.75, 3.05) is 0 Å². The molecule has 2 heterocycles. The number of nitrogens with one attached hydrogen (secondary N) is 1. The van der Waals surface area contributed by atoms with Gasteiger partial charge in [0, 0.05) is 34.3 Å². The lowest BCUT2D eigenvalue weighted by atomic mass is 9.96. The third kappa shape index (κ3) is 2.88. The van der Waals surface area contributed by atoms with Crippen molar-refractivity contribution in [3.05, 3.63) is 83.0 Å². The van der Waals surface area contributed by atoms with Crippen molar-refractivity contribution in [2.24, 2.45) is 0 Å². The standard InChI is InChI=1S/C23H19N3OS/c1-15-5-2-3-6-17(15)21(27)26-23(8-9-23)19-13-16(22-25-11-12-28-22)14-20-18(19)7-4-10-24-20/h2-7,10-14H,8-9H2,1H3,(H,26,27). The molecular formula is C23H19N3OS. The van der Waals surface area contributed by atoms with E-state index in [1.54, 1.807) is 11.3 Å². The highest BCUT2D eigenvalue weighted by molar-refractivity contribution is 7.13. The molecule has 1 saturated carbocycles. The summed E-state index contributed by atoms with van der Waals surface area (Å²) in [4.78, 5) is 22.0. The fraction of sp³-hybridized carbons (Fsp3) is 0.174. The van der Waals surface area contributed by atoms with Gasteiger partial charge in [-0.3, -0.25) is 9.78 Å². The van der Waals surface area contributed by atoms with E-state index in [9.17, 15) is 4.79 Å². The molecule has 4 aromatic rings. The summed E-state index contributed by atoms with van der Waals surface area (Å²) in [5.41, 5.74) is 4.49. The minimum atomic E-state index is -0.339. The minimum Gasteiger partial charge on any atom is -0.342 e. The number of aromatic nitrogens is 2. The zero-order valence-electron chi connectivity index (χ0n) is 15.5. The van der Waals surface area contributed by atoms with Gasteiger partial charge in [-0.05, 0) is 55.2 Å². The normalized spacial score (nSPS) is 14.8. The zero-order chi connectivity index (χ0) is 19.1. The monoisotopic (exact) mass is 385 g/mol. The molecule has 28 heavy (non-hydrogen) atoms. The Morgan fingerprint density at radius 3 is 2.68 bits per heavy atom. The van der Waals surface area contributed by atoms with Gasteiger partial charge in [-0.1, -0.05) is 24.3 Å². The van der Waals surface area contributed by atoms with Gasteiger partial charge < -0.3 is 5.32 Å². The lowest BCUT2D eigenvalue weighted by molar-refractivity contribution is 0.0930. The summed E-state index contributed by atoms with van der Waals surface area (Å²) in [6.45, 7) is 1.97. The van der Waals surface area contributed by atoms with E-state index < -0.39 is 0 Å². The Hall–Kier alpha value is -3.05. The van der Waals surface area contributed by atoms with E-state index in [1.165, 1.54) is 0 Å². The van der Waals surface area contributed by atoms with Gasteiger partial charge in [-0.2, -0.15) is 0 Å². The van der Waals surface area contributed by atoms with Gasteiger partial charge in [0.25, 0.3) is 5.91 Å². The SMILES string of the molecule is Cc1ccccc1C(=O)NC1(c2cc(-c3nccs3)cc3ncccc23)CC1. The van der Waals surface area contributed by atoms with Gasteiger partial charge in [0.2, 0.25) is 0 Å². The molecule has 2 aromatic heterocycles. The summed E-state index contributed by atoms with van der Waals surface area (Å²) in [7, 11) is 0. The zero-order valence-corrected chi connectivity index (χ0v) is 16.3. The predicted molar refractivity (Wildman–Crippen MR) is 112 cm³/mol. The summed E-state index contributed by atoms with van der Waals surface area (Å²) >= 11 is 1.61. The fourth-order valence-corrected chi connectivity index (χ4v) is 4.39. The number of carbonyl (C=O) groups excluding carboxylic acids is 1. The van der Waals surface area contributed by atoms with Crippen LogP contribution in [0, 0.1) is 6.92 Å². The van der Waals surface area contributed by atoms with Crippen molar-refractivity contribution in [1.29, 1.82) is 0 Å². The first-order valence-electron chi connectivity index (χ1n) is 9.34. The third-order valence-electron chi connectivity index (χ3n) is 5.41. The number of pyridine rings is 1. The molecule has 1 fully saturated rings. The van der Waals surface area contributed by atoms with E-state index in [4.69, 9.17) is 0 Å². The highest BCUT2D eigenvalue weighted by Gasteiger charge is 2.47. The highest BCUT2D eigenvalue weighted by atomic mass is 32.1. The van der Waals surface area contributed by atoms with Crippen molar-refractivity contribution in [3.8, 4) is 10.6 Å². The number of nitrogens with zero attached hydrogens (tertiary/aromatic N) is 2. The second-order valence-electron chi connectivity index (χ2n) is 7.28. The van der Waals surface area contributed by atoms with Gasteiger partial charge in [-0.25, -0.2) is 4.98 Å². The predicted octanol–water partition coefficient (Wildman–Crippen LogP) is 5.09. The Bertz CT molecular complexity index is 1180.